The van der Waals surface area contributed by atoms with Gasteiger partial charge in [-0.15, -0.1) is 0 Å². The molecule has 1 heterocycles. The summed E-state index contributed by atoms with van der Waals surface area (Å²) in [6, 6.07) is 3.07. The molecule has 1 aromatic heterocycles. The highest BCUT2D eigenvalue weighted by Crippen LogP contribution is 2.31. The average Bonchev–Trinajstić information content (AvgIpc) is 2.78. The molecule has 2 N–H and O–H groups in total. The molecule has 1 aromatic carbocycles. The molecule has 2 rings (SSSR count). The minimum atomic E-state index is -4.03. The van der Waals surface area contributed by atoms with E-state index >= 15 is 0 Å². The third-order valence-corrected chi connectivity index (χ3v) is 5.08. The summed E-state index contributed by atoms with van der Waals surface area (Å²) in [7, 11) is -4.03. The van der Waals surface area contributed by atoms with Crippen LogP contribution in [0.3, 0.4) is 0 Å². The summed E-state index contributed by atoms with van der Waals surface area (Å²) in [5.74, 6) is -0.347. The number of benzene rings is 1. The summed E-state index contributed by atoms with van der Waals surface area (Å²) in [4.78, 5) is 13.6. The van der Waals surface area contributed by atoms with Crippen LogP contribution >= 0.6 is 22.9 Å². The molecule has 0 bridgehead atoms. The van der Waals surface area contributed by atoms with Gasteiger partial charge in [0.05, 0.1) is 17.2 Å². The first-order chi connectivity index (χ1) is 9.29. The van der Waals surface area contributed by atoms with Crippen molar-refractivity contribution in [1.82, 2.24) is 4.98 Å². The highest BCUT2D eigenvalue weighted by atomic mass is 35.5. The summed E-state index contributed by atoms with van der Waals surface area (Å²) < 4.78 is 25.9. The van der Waals surface area contributed by atoms with Crippen LogP contribution in [0.4, 0.5) is 11.4 Å². The maximum absolute atomic E-state index is 12.0. The van der Waals surface area contributed by atoms with Gasteiger partial charge in [-0.3, -0.25) is 14.8 Å². The lowest BCUT2D eigenvalue weighted by molar-refractivity contribution is -0.384. The molecule has 0 amide bonds. The molecule has 8 nitrogen and oxygen atoms in total. The third-order valence-electron chi connectivity index (χ3n) is 2.14. The maximum Gasteiger partial charge on any atom is 0.297 e. The van der Waals surface area contributed by atoms with E-state index < -0.39 is 20.6 Å². The number of nitrogens with zero attached hydrogens (tertiary/aromatic N) is 2. The van der Waals surface area contributed by atoms with Gasteiger partial charge < -0.3 is 5.11 Å². The van der Waals surface area contributed by atoms with Gasteiger partial charge in [0, 0.05) is 0 Å². The predicted octanol–water partition coefficient (Wildman–Crippen LogP) is 2.21. The SMILES string of the molecule is O=[N+]([O-])c1cc(O)ccc1NS(=O)(=O)c1cnc(Cl)s1. The fraction of sp³-hybridized carbons (Fsp3) is 0. The summed E-state index contributed by atoms with van der Waals surface area (Å²) in [6.45, 7) is 0. The number of nitro groups is 1. The van der Waals surface area contributed by atoms with Crippen LogP contribution in [0, 0.1) is 10.1 Å². The zero-order valence-electron chi connectivity index (χ0n) is 9.48. The Morgan fingerprint density at radius 3 is 2.70 bits per heavy atom. The monoisotopic (exact) mass is 335 g/mol. The molecule has 2 aromatic rings. The number of nitrogens with one attached hydrogen (secondary N) is 1. The number of hydrogen-bond donors (Lipinski definition) is 2. The van der Waals surface area contributed by atoms with E-state index in [4.69, 9.17) is 11.6 Å². The third kappa shape index (κ3) is 2.98. The maximum atomic E-state index is 12.0. The normalized spacial score (nSPS) is 11.2. The van der Waals surface area contributed by atoms with Crippen molar-refractivity contribution in [2.75, 3.05) is 4.72 Å². The Kier molecular flexibility index (Phi) is 3.79. The lowest BCUT2D eigenvalue weighted by Gasteiger charge is -2.06. The van der Waals surface area contributed by atoms with Gasteiger partial charge >= 0.3 is 0 Å². The molecule has 0 atom stereocenters. The van der Waals surface area contributed by atoms with E-state index in [1.165, 1.54) is 0 Å². The molecule has 0 spiro atoms. The van der Waals surface area contributed by atoms with Crippen LogP contribution < -0.4 is 4.72 Å². The number of aromatic nitrogens is 1. The summed E-state index contributed by atoms with van der Waals surface area (Å²) in [5.41, 5.74) is -0.832. The minimum absolute atomic E-state index is 0.0329. The van der Waals surface area contributed by atoms with Gasteiger partial charge in [0.25, 0.3) is 15.7 Å². The Balaban J connectivity index is 2.42. The van der Waals surface area contributed by atoms with Crippen LogP contribution in [0.25, 0.3) is 0 Å². The van der Waals surface area contributed by atoms with Crippen LogP contribution in [0.15, 0.2) is 28.6 Å². The number of sulfonamides is 1. The molecule has 0 saturated heterocycles. The fourth-order valence-electron chi connectivity index (χ4n) is 1.32. The average molecular weight is 336 g/mol. The second-order valence-electron chi connectivity index (χ2n) is 3.50. The minimum Gasteiger partial charge on any atom is -0.508 e. The van der Waals surface area contributed by atoms with Gasteiger partial charge in [-0.05, 0) is 12.1 Å². The van der Waals surface area contributed by atoms with Gasteiger partial charge in [0.2, 0.25) is 0 Å². The second kappa shape index (κ2) is 5.23. The summed E-state index contributed by atoms with van der Waals surface area (Å²) in [5, 5.41) is 20.0. The van der Waals surface area contributed by atoms with Crippen LogP contribution in [0.5, 0.6) is 5.75 Å². The Bertz CT molecular complexity index is 774. The van der Waals surface area contributed by atoms with E-state index in [1.807, 2.05) is 0 Å². The van der Waals surface area contributed by atoms with Crippen LogP contribution in [0.1, 0.15) is 0 Å². The Hall–Kier alpha value is -1.91. The second-order valence-corrected chi connectivity index (χ2v) is 7.02. The largest absolute Gasteiger partial charge is 0.508 e. The molecule has 0 radical (unpaired) electrons. The summed E-state index contributed by atoms with van der Waals surface area (Å²) >= 11 is 6.26. The first-order valence-corrected chi connectivity index (χ1v) is 7.59. The topological polar surface area (TPSA) is 122 Å². The molecule has 0 fully saturated rings. The molecule has 0 aliphatic rings. The first kappa shape index (κ1) is 14.5. The number of hydrogen-bond acceptors (Lipinski definition) is 7. The van der Waals surface area contributed by atoms with Gasteiger partial charge in [0.15, 0.2) is 8.68 Å². The number of halogens is 1. The van der Waals surface area contributed by atoms with Crippen molar-refractivity contribution in [3.8, 4) is 5.75 Å². The van der Waals surface area contributed by atoms with Crippen LogP contribution in [0.2, 0.25) is 4.47 Å². The van der Waals surface area contributed by atoms with Gasteiger partial charge in [-0.1, -0.05) is 22.9 Å². The van der Waals surface area contributed by atoms with Crippen molar-refractivity contribution in [2.24, 2.45) is 0 Å². The molecule has 11 heteroatoms. The van der Waals surface area contributed by atoms with Gasteiger partial charge in [-0.2, -0.15) is 0 Å². The van der Waals surface area contributed by atoms with E-state index in [9.17, 15) is 23.6 Å². The lowest BCUT2D eigenvalue weighted by atomic mass is 10.2. The van der Waals surface area contributed by atoms with Crippen molar-refractivity contribution in [2.45, 2.75) is 4.21 Å². The zero-order valence-corrected chi connectivity index (χ0v) is 11.9. The van der Waals surface area contributed by atoms with E-state index in [0.717, 1.165) is 24.4 Å². The van der Waals surface area contributed by atoms with E-state index in [-0.39, 0.29) is 20.1 Å². The Morgan fingerprint density at radius 2 is 2.15 bits per heavy atom. The van der Waals surface area contributed by atoms with E-state index in [0.29, 0.717) is 11.3 Å². The molecule has 0 aliphatic heterocycles. The highest BCUT2D eigenvalue weighted by molar-refractivity contribution is 7.94. The van der Waals surface area contributed by atoms with Crippen molar-refractivity contribution in [3.63, 3.8) is 0 Å². The molecule has 0 saturated carbocycles. The molecule has 0 aliphatic carbocycles. The lowest BCUT2D eigenvalue weighted by Crippen LogP contribution is -2.12. The first-order valence-electron chi connectivity index (χ1n) is 4.91. The van der Waals surface area contributed by atoms with Crippen molar-refractivity contribution >= 4 is 44.3 Å². The quantitative estimate of drug-likeness (QED) is 0.501. The molecule has 106 valence electrons. The number of nitro benzene ring substituents is 1. The number of aromatic hydroxyl groups is 1. The van der Waals surface area contributed by atoms with Crippen LogP contribution in [-0.2, 0) is 10.0 Å². The van der Waals surface area contributed by atoms with Crippen molar-refractivity contribution in [1.29, 1.82) is 0 Å². The zero-order chi connectivity index (χ0) is 14.9. The van der Waals surface area contributed by atoms with E-state index in [2.05, 4.69) is 9.71 Å². The number of thiazole rings is 1. The Labute approximate surface area is 121 Å². The smallest absolute Gasteiger partial charge is 0.297 e. The number of phenols is 1. The van der Waals surface area contributed by atoms with Crippen molar-refractivity contribution < 1.29 is 18.4 Å². The summed E-state index contributed by atoms with van der Waals surface area (Å²) in [6.07, 6.45) is 1.04. The molecule has 0 unspecified atom stereocenters. The van der Waals surface area contributed by atoms with Crippen molar-refractivity contribution in [3.05, 3.63) is 39.0 Å². The Morgan fingerprint density at radius 1 is 1.45 bits per heavy atom. The van der Waals surface area contributed by atoms with E-state index in [1.54, 1.807) is 0 Å². The van der Waals surface area contributed by atoms with Gasteiger partial charge in [-0.25, -0.2) is 13.4 Å². The standard InChI is InChI=1S/C9H6ClN3O5S2/c10-9-11-4-8(19-9)20(17,18)12-6-2-1-5(14)3-7(6)13(15)16/h1-4,12,14H. The predicted molar refractivity (Wildman–Crippen MR) is 72.7 cm³/mol. The number of phenolic OH excluding ortho intramolecular Hbond substituents is 1. The number of rotatable bonds is 4. The molecular weight excluding hydrogens is 330 g/mol. The fourth-order valence-corrected chi connectivity index (χ4v) is 3.68. The number of anilines is 1. The van der Waals surface area contributed by atoms with Crippen LogP contribution in [-0.4, -0.2) is 23.4 Å². The molecule has 20 heavy (non-hydrogen) atoms. The van der Waals surface area contributed by atoms with Gasteiger partial charge in [0.1, 0.15) is 11.4 Å². The highest BCUT2D eigenvalue weighted by Gasteiger charge is 2.23. The molecular formula is C9H6ClN3O5S2.